The zero-order valence-electron chi connectivity index (χ0n) is 10.4. The lowest BCUT2D eigenvalue weighted by atomic mass is 10.0. The number of nitrogens with zero attached hydrogens (tertiary/aromatic N) is 1. The van der Waals surface area contributed by atoms with Crippen molar-refractivity contribution in [3.63, 3.8) is 0 Å². The minimum Gasteiger partial charge on any atom is -0.508 e. The molecule has 0 heterocycles. The Morgan fingerprint density at radius 1 is 1.05 bits per heavy atom. The van der Waals surface area contributed by atoms with Crippen LogP contribution in [0.5, 0.6) is 5.75 Å². The topological polar surface area (TPSA) is 87.7 Å². The van der Waals surface area contributed by atoms with Crippen LogP contribution in [-0.2, 0) is 0 Å². The molecule has 2 rings (SSSR count). The van der Waals surface area contributed by atoms with E-state index in [1.807, 2.05) is 0 Å². The van der Waals surface area contributed by atoms with Crippen LogP contribution in [0.15, 0.2) is 53.6 Å². The van der Waals surface area contributed by atoms with E-state index >= 15 is 0 Å². The van der Waals surface area contributed by atoms with Crippen molar-refractivity contribution < 1.29 is 14.3 Å². The smallest absolute Gasteiger partial charge is 0.332 e. The number of phenolic OH excluding ortho intramolecular Hbond substituents is 1. The molecule has 0 aliphatic rings. The summed E-state index contributed by atoms with van der Waals surface area (Å²) in [6, 6.07) is 11.1. The first-order chi connectivity index (χ1) is 9.56. The molecule has 0 aliphatic carbocycles. The van der Waals surface area contributed by atoms with Crippen molar-refractivity contribution in [1.82, 2.24) is 5.43 Å². The van der Waals surface area contributed by atoms with Crippen molar-refractivity contribution in [1.29, 1.82) is 0 Å². The van der Waals surface area contributed by atoms with Gasteiger partial charge in [0.05, 0.1) is 5.71 Å². The van der Waals surface area contributed by atoms with E-state index in [1.54, 1.807) is 12.1 Å². The van der Waals surface area contributed by atoms with E-state index in [9.17, 15) is 14.3 Å². The van der Waals surface area contributed by atoms with Crippen molar-refractivity contribution in [3.05, 3.63) is 65.5 Å². The molecule has 2 amide bonds. The molecule has 0 bridgehead atoms. The van der Waals surface area contributed by atoms with E-state index < -0.39 is 6.03 Å². The number of urea groups is 1. The van der Waals surface area contributed by atoms with Crippen molar-refractivity contribution >= 4 is 11.7 Å². The van der Waals surface area contributed by atoms with Crippen LogP contribution in [0.2, 0.25) is 0 Å². The molecule has 5 nitrogen and oxygen atoms in total. The van der Waals surface area contributed by atoms with Gasteiger partial charge in [-0.3, -0.25) is 0 Å². The van der Waals surface area contributed by atoms with Gasteiger partial charge in [0.15, 0.2) is 0 Å². The molecule has 0 aliphatic heterocycles. The Kier molecular flexibility index (Phi) is 3.95. The summed E-state index contributed by atoms with van der Waals surface area (Å²) in [4.78, 5) is 10.8. The van der Waals surface area contributed by atoms with Crippen LogP contribution in [-0.4, -0.2) is 16.8 Å². The predicted molar refractivity (Wildman–Crippen MR) is 72.9 cm³/mol. The second-order valence-electron chi connectivity index (χ2n) is 3.99. The Morgan fingerprint density at radius 3 is 2.05 bits per heavy atom. The molecular formula is C14H12FN3O2. The van der Waals surface area contributed by atoms with Crippen LogP contribution in [0.3, 0.4) is 0 Å². The molecule has 4 N–H and O–H groups in total. The summed E-state index contributed by atoms with van der Waals surface area (Å²) < 4.78 is 13.0. The summed E-state index contributed by atoms with van der Waals surface area (Å²) in [5, 5.41) is 13.2. The normalized spacial score (nSPS) is 11.2. The quantitative estimate of drug-likeness (QED) is 0.589. The highest BCUT2D eigenvalue weighted by atomic mass is 19.1. The van der Waals surface area contributed by atoms with E-state index in [0.717, 1.165) is 0 Å². The summed E-state index contributed by atoms with van der Waals surface area (Å²) >= 11 is 0. The third-order valence-corrected chi connectivity index (χ3v) is 2.54. The van der Waals surface area contributed by atoms with Crippen LogP contribution in [0.1, 0.15) is 11.1 Å². The van der Waals surface area contributed by atoms with E-state index in [4.69, 9.17) is 5.73 Å². The van der Waals surface area contributed by atoms with Crippen molar-refractivity contribution in [2.75, 3.05) is 0 Å². The summed E-state index contributed by atoms with van der Waals surface area (Å²) in [6.45, 7) is 0. The maximum absolute atomic E-state index is 13.0. The first-order valence-corrected chi connectivity index (χ1v) is 5.75. The second kappa shape index (κ2) is 5.83. The number of phenols is 1. The second-order valence-corrected chi connectivity index (χ2v) is 3.99. The van der Waals surface area contributed by atoms with E-state index in [0.29, 0.717) is 16.8 Å². The fraction of sp³-hybridized carbons (Fsp3) is 0. The Bertz CT molecular complexity index is 589. The van der Waals surface area contributed by atoms with Crippen molar-refractivity contribution in [2.45, 2.75) is 0 Å². The van der Waals surface area contributed by atoms with E-state index in [1.165, 1.54) is 36.4 Å². The minimum atomic E-state index is -0.802. The average molecular weight is 273 g/mol. The molecule has 0 saturated carbocycles. The van der Waals surface area contributed by atoms with Gasteiger partial charge in [0.2, 0.25) is 0 Å². The first kappa shape index (κ1) is 13.5. The number of nitrogens with two attached hydrogens (primary N) is 1. The lowest BCUT2D eigenvalue weighted by molar-refractivity contribution is 0.249. The highest BCUT2D eigenvalue weighted by Gasteiger charge is 2.08. The summed E-state index contributed by atoms with van der Waals surface area (Å²) in [5.74, 6) is -0.267. The molecule has 102 valence electrons. The summed E-state index contributed by atoms with van der Waals surface area (Å²) in [6.07, 6.45) is 0. The van der Waals surface area contributed by atoms with Crippen LogP contribution < -0.4 is 11.2 Å². The van der Waals surface area contributed by atoms with Gasteiger partial charge in [0.1, 0.15) is 11.6 Å². The molecule has 20 heavy (non-hydrogen) atoms. The number of hydrogen-bond donors (Lipinski definition) is 3. The largest absolute Gasteiger partial charge is 0.508 e. The fourth-order valence-corrected chi connectivity index (χ4v) is 1.63. The third kappa shape index (κ3) is 3.32. The molecule has 0 atom stereocenters. The number of nitrogens with one attached hydrogen (secondary N) is 1. The number of amides is 2. The third-order valence-electron chi connectivity index (χ3n) is 2.54. The highest BCUT2D eigenvalue weighted by Crippen LogP contribution is 2.15. The van der Waals surface area contributed by atoms with Gasteiger partial charge in [-0.15, -0.1) is 0 Å². The molecule has 0 saturated heterocycles. The number of benzene rings is 2. The number of primary amides is 1. The lowest BCUT2D eigenvalue weighted by Gasteiger charge is -2.07. The van der Waals surface area contributed by atoms with Crippen LogP contribution >= 0.6 is 0 Å². The lowest BCUT2D eigenvalue weighted by Crippen LogP contribution is -2.26. The molecule has 0 unspecified atom stereocenters. The molecule has 0 spiro atoms. The zero-order chi connectivity index (χ0) is 14.5. The molecule has 2 aromatic carbocycles. The number of hydrogen-bond acceptors (Lipinski definition) is 3. The Hall–Kier alpha value is -2.89. The number of hydrazone groups is 1. The Labute approximate surface area is 114 Å². The van der Waals surface area contributed by atoms with Gasteiger partial charge >= 0.3 is 6.03 Å². The van der Waals surface area contributed by atoms with E-state index in [-0.39, 0.29) is 11.6 Å². The monoisotopic (exact) mass is 273 g/mol. The first-order valence-electron chi connectivity index (χ1n) is 5.75. The Balaban J connectivity index is 2.44. The van der Waals surface area contributed by atoms with Crippen LogP contribution in [0.4, 0.5) is 9.18 Å². The molecule has 0 fully saturated rings. The van der Waals surface area contributed by atoms with E-state index in [2.05, 4.69) is 10.5 Å². The van der Waals surface area contributed by atoms with Gasteiger partial charge in [-0.1, -0.05) is 0 Å². The van der Waals surface area contributed by atoms with Gasteiger partial charge < -0.3 is 10.8 Å². The minimum absolute atomic E-state index is 0.107. The number of aromatic hydroxyl groups is 1. The number of carbonyl (C=O) groups excluding carboxylic acids is 1. The standard InChI is InChI=1S/C14H12FN3O2/c15-11-5-1-9(2-6-11)13(17-18-14(16)20)10-3-7-12(19)8-4-10/h1-8,19H,(H3,16,18,20)/b17-13-. The average Bonchev–Trinajstić information content (AvgIpc) is 2.42. The summed E-state index contributed by atoms with van der Waals surface area (Å²) in [7, 11) is 0. The Morgan fingerprint density at radius 2 is 1.55 bits per heavy atom. The molecule has 0 aromatic heterocycles. The van der Waals surface area contributed by atoms with Crippen LogP contribution in [0, 0.1) is 5.82 Å². The zero-order valence-corrected chi connectivity index (χ0v) is 10.4. The highest BCUT2D eigenvalue weighted by molar-refractivity contribution is 6.13. The molecule has 6 heteroatoms. The fourth-order valence-electron chi connectivity index (χ4n) is 1.63. The van der Waals surface area contributed by atoms with Gasteiger partial charge in [-0.25, -0.2) is 14.6 Å². The summed E-state index contributed by atoms with van der Waals surface area (Å²) in [5.41, 5.74) is 8.78. The number of halogens is 1. The maximum atomic E-state index is 13.0. The number of rotatable bonds is 3. The molecular weight excluding hydrogens is 261 g/mol. The van der Waals surface area contributed by atoms with Crippen LogP contribution in [0.25, 0.3) is 0 Å². The predicted octanol–water partition coefficient (Wildman–Crippen LogP) is 1.95. The van der Waals surface area contributed by atoms with Crippen molar-refractivity contribution in [2.24, 2.45) is 10.8 Å². The SMILES string of the molecule is NC(=O)N/N=C(\c1ccc(O)cc1)c1ccc(F)cc1. The molecule has 2 aromatic rings. The molecule has 0 radical (unpaired) electrons. The maximum Gasteiger partial charge on any atom is 0.332 e. The van der Waals surface area contributed by atoms with Gasteiger partial charge in [0.25, 0.3) is 0 Å². The van der Waals surface area contributed by atoms with Gasteiger partial charge in [-0.05, 0) is 48.5 Å². The number of carbonyl (C=O) groups is 1. The van der Waals surface area contributed by atoms with Crippen molar-refractivity contribution in [3.8, 4) is 5.75 Å². The van der Waals surface area contributed by atoms with Gasteiger partial charge in [0, 0.05) is 11.1 Å². The van der Waals surface area contributed by atoms with Gasteiger partial charge in [-0.2, -0.15) is 5.10 Å².